The number of nitrogens with zero attached hydrogens (tertiary/aromatic N) is 4. The molecule has 16 nitrogen and oxygen atoms in total. The maximum atomic E-state index is 14.0. The number of imidazole rings is 2. The van der Waals surface area contributed by atoms with Crippen molar-refractivity contribution in [3.8, 4) is 28.1 Å². The molecule has 0 unspecified atom stereocenters. The first-order valence-electron chi connectivity index (χ1n) is 21.0. The van der Waals surface area contributed by atoms with Gasteiger partial charge >= 0.3 is 12.2 Å². The molecule has 5 heterocycles. The molecule has 16 heteroatoms. The van der Waals surface area contributed by atoms with Crippen LogP contribution in [0.4, 0.5) is 9.59 Å². The van der Waals surface area contributed by atoms with Crippen LogP contribution in [0.25, 0.3) is 44.2 Å². The standard InChI is InChI=1S/C45H54N8O8/c1-22(2)37(50-44(56)59-7)42(54)53-24(4)10-16-35(53)41-47-32-14-12-26-18-31-29-13-11-27(17-28(29)21-61-36(31)19-30(26)39(32)49-41)33-20-46-40(48-33)34-15-9-23(3)52(34)43(55)38(25(5)58-6)51-45(57)60-8/h11-14,17-20,22-25,34-35,37-38H,9-10,15-16,21H2,1-8H3,(H,46,48)(H,47,49)(H,50,56)(H,51,57)/t23-,24-,25+,34-,35-,37-,38-/m0/s1. The van der Waals surface area contributed by atoms with Crippen LogP contribution in [-0.4, -0.2) is 105 Å². The molecule has 2 saturated heterocycles. The average Bonchev–Trinajstić information content (AvgIpc) is 4.08. The van der Waals surface area contributed by atoms with Crippen molar-refractivity contribution in [3.05, 3.63) is 65.9 Å². The number of hydrogen-bond acceptors (Lipinski definition) is 10. The zero-order valence-corrected chi connectivity index (χ0v) is 35.8. The Morgan fingerprint density at radius 2 is 1.44 bits per heavy atom. The second-order valence-corrected chi connectivity index (χ2v) is 16.8. The Morgan fingerprint density at radius 1 is 0.787 bits per heavy atom. The minimum absolute atomic E-state index is 0.0295. The first-order chi connectivity index (χ1) is 29.3. The molecule has 3 aromatic carbocycles. The third-order valence-electron chi connectivity index (χ3n) is 12.7. The summed E-state index contributed by atoms with van der Waals surface area (Å²) in [6.07, 6.45) is 2.93. The van der Waals surface area contributed by atoms with E-state index in [9.17, 15) is 19.2 Å². The van der Waals surface area contributed by atoms with Crippen LogP contribution in [0.15, 0.2) is 48.7 Å². The fourth-order valence-corrected chi connectivity index (χ4v) is 9.25. The van der Waals surface area contributed by atoms with Gasteiger partial charge in [0.25, 0.3) is 0 Å². The molecule has 3 aliphatic heterocycles. The van der Waals surface area contributed by atoms with E-state index in [0.717, 1.165) is 74.8 Å². The van der Waals surface area contributed by atoms with Crippen LogP contribution in [0.5, 0.6) is 5.75 Å². The fourth-order valence-electron chi connectivity index (χ4n) is 9.25. The van der Waals surface area contributed by atoms with Crippen molar-refractivity contribution in [3.63, 3.8) is 0 Å². The van der Waals surface area contributed by atoms with Crippen molar-refractivity contribution in [2.75, 3.05) is 21.3 Å². The molecule has 0 bridgehead atoms. The van der Waals surface area contributed by atoms with Crippen LogP contribution < -0.4 is 15.4 Å². The molecule has 7 atom stereocenters. The maximum Gasteiger partial charge on any atom is 0.407 e. The number of ether oxygens (including phenoxy) is 4. The minimum atomic E-state index is -0.927. The summed E-state index contributed by atoms with van der Waals surface area (Å²) in [5.41, 5.74) is 6.50. The Bertz CT molecular complexity index is 2500. The summed E-state index contributed by atoms with van der Waals surface area (Å²) < 4.78 is 21.5. The summed E-state index contributed by atoms with van der Waals surface area (Å²) in [4.78, 5) is 72.7. The molecular weight excluding hydrogens is 781 g/mol. The monoisotopic (exact) mass is 834 g/mol. The number of fused-ring (bicyclic) bond motifs is 6. The van der Waals surface area contributed by atoms with Gasteiger partial charge in [0.1, 0.15) is 36.1 Å². The second kappa shape index (κ2) is 16.7. The smallest absolute Gasteiger partial charge is 0.407 e. The van der Waals surface area contributed by atoms with Gasteiger partial charge in [-0.2, -0.15) is 0 Å². The quantitative estimate of drug-likeness (QED) is 0.115. The molecule has 2 fully saturated rings. The number of rotatable bonds is 10. The highest BCUT2D eigenvalue weighted by Crippen LogP contribution is 2.44. The largest absolute Gasteiger partial charge is 0.488 e. The van der Waals surface area contributed by atoms with Gasteiger partial charge in [-0.1, -0.05) is 32.0 Å². The zero-order valence-electron chi connectivity index (χ0n) is 35.8. The minimum Gasteiger partial charge on any atom is -0.488 e. The number of carbonyl (C=O) groups excluding carboxylic acids is 4. The van der Waals surface area contributed by atoms with Gasteiger partial charge in [0.05, 0.1) is 55.3 Å². The van der Waals surface area contributed by atoms with Gasteiger partial charge in [-0.25, -0.2) is 19.6 Å². The fraction of sp³-hybridized carbons (Fsp3) is 0.467. The van der Waals surface area contributed by atoms with E-state index in [1.165, 1.54) is 21.3 Å². The normalized spacial score (nSPS) is 21.1. The first-order valence-corrected chi connectivity index (χ1v) is 21.0. The Morgan fingerprint density at radius 3 is 2.10 bits per heavy atom. The Kier molecular flexibility index (Phi) is 11.4. The van der Waals surface area contributed by atoms with E-state index in [1.54, 1.807) is 18.0 Å². The molecule has 61 heavy (non-hydrogen) atoms. The lowest BCUT2D eigenvalue weighted by molar-refractivity contribution is -0.139. The maximum absolute atomic E-state index is 14.0. The first kappa shape index (κ1) is 41.6. The van der Waals surface area contributed by atoms with Gasteiger partial charge in [-0.15, -0.1) is 0 Å². The number of H-pyrrole nitrogens is 2. The Hall–Kier alpha value is -6.16. The van der Waals surface area contributed by atoms with Crippen LogP contribution in [0.3, 0.4) is 0 Å². The molecule has 8 rings (SSSR count). The van der Waals surface area contributed by atoms with Crippen LogP contribution in [0.2, 0.25) is 0 Å². The number of likely N-dealkylation sites (tertiary alicyclic amines) is 2. The number of benzene rings is 3. The van der Waals surface area contributed by atoms with Crippen molar-refractivity contribution in [1.82, 2.24) is 40.4 Å². The van der Waals surface area contributed by atoms with E-state index < -0.39 is 30.4 Å². The van der Waals surface area contributed by atoms with E-state index in [4.69, 9.17) is 28.9 Å². The van der Waals surface area contributed by atoms with Crippen molar-refractivity contribution in [2.45, 2.75) is 109 Å². The third-order valence-corrected chi connectivity index (χ3v) is 12.7. The number of carbonyl (C=O) groups is 4. The molecule has 2 aromatic heterocycles. The van der Waals surface area contributed by atoms with Crippen LogP contribution in [-0.2, 0) is 30.4 Å². The molecule has 5 aromatic rings. The molecule has 3 aliphatic rings. The summed E-state index contributed by atoms with van der Waals surface area (Å²) in [5, 5.41) is 7.34. The summed E-state index contributed by atoms with van der Waals surface area (Å²) in [6.45, 7) is 9.95. The van der Waals surface area contributed by atoms with Gasteiger partial charge in [-0.05, 0) is 98.7 Å². The summed E-state index contributed by atoms with van der Waals surface area (Å²) in [5.74, 6) is 1.59. The highest BCUT2D eigenvalue weighted by atomic mass is 16.5. The average molecular weight is 835 g/mol. The molecule has 322 valence electrons. The lowest BCUT2D eigenvalue weighted by atomic mass is 9.92. The Balaban J connectivity index is 1.04. The predicted octanol–water partition coefficient (Wildman–Crippen LogP) is 6.91. The number of aromatic amines is 2. The molecule has 0 spiro atoms. The molecular formula is C45H54N8O8. The van der Waals surface area contributed by atoms with Gasteiger partial charge in [0, 0.05) is 30.1 Å². The lowest BCUT2D eigenvalue weighted by Gasteiger charge is -2.33. The van der Waals surface area contributed by atoms with Crippen molar-refractivity contribution in [2.24, 2.45) is 5.92 Å². The van der Waals surface area contributed by atoms with E-state index >= 15 is 0 Å². The highest BCUT2D eigenvalue weighted by molar-refractivity contribution is 6.07. The highest BCUT2D eigenvalue weighted by Gasteiger charge is 2.43. The van der Waals surface area contributed by atoms with Gasteiger partial charge in [0.15, 0.2) is 0 Å². The SMILES string of the molecule is COC(=O)N[C@H](C(=O)N1[C@@H](C)CC[C@H]1c1nc2c(ccc3cc4c(cc32)OCc2cc(-c3cnc([C@@H]5CC[C@H](C)N5C(=O)[C@@H](NC(=O)OC)[C@@H](C)OC)[nH]3)ccc2-4)[nH]1)C(C)C. The number of methoxy groups -OCH3 is 3. The topological polar surface area (TPSA) is 193 Å². The number of aromatic nitrogens is 4. The zero-order chi connectivity index (χ0) is 43.3. The molecule has 0 aliphatic carbocycles. The third kappa shape index (κ3) is 7.62. The summed E-state index contributed by atoms with van der Waals surface area (Å²) in [6, 6.07) is 12.2. The number of alkyl carbamates (subject to hydrolysis) is 2. The number of amides is 4. The number of hydrogen-bond donors (Lipinski definition) is 4. The van der Waals surface area contributed by atoms with Crippen LogP contribution >= 0.6 is 0 Å². The molecule has 4 amide bonds. The molecule has 0 radical (unpaired) electrons. The second-order valence-electron chi connectivity index (χ2n) is 16.8. The van der Waals surface area contributed by atoms with Gasteiger partial charge in [0.2, 0.25) is 11.8 Å². The van der Waals surface area contributed by atoms with Crippen LogP contribution in [0, 0.1) is 5.92 Å². The predicted molar refractivity (Wildman–Crippen MR) is 227 cm³/mol. The van der Waals surface area contributed by atoms with Gasteiger partial charge in [-0.3, -0.25) is 9.59 Å². The van der Waals surface area contributed by atoms with E-state index in [-0.39, 0.29) is 41.9 Å². The Labute approximate surface area is 354 Å². The van der Waals surface area contributed by atoms with E-state index in [0.29, 0.717) is 24.7 Å². The van der Waals surface area contributed by atoms with Crippen LogP contribution in [0.1, 0.15) is 89.6 Å². The van der Waals surface area contributed by atoms with E-state index in [1.807, 2.05) is 38.7 Å². The van der Waals surface area contributed by atoms with Gasteiger partial charge < -0.3 is 49.3 Å². The summed E-state index contributed by atoms with van der Waals surface area (Å²) >= 11 is 0. The van der Waals surface area contributed by atoms with Crippen molar-refractivity contribution >= 4 is 45.8 Å². The molecule has 4 N–H and O–H groups in total. The lowest BCUT2D eigenvalue weighted by Crippen LogP contribution is -2.55. The number of nitrogens with one attached hydrogen (secondary N) is 4. The van der Waals surface area contributed by atoms with Crippen molar-refractivity contribution < 1.29 is 38.1 Å². The summed E-state index contributed by atoms with van der Waals surface area (Å²) in [7, 11) is 4.05. The van der Waals surface area contributed by atoms with E-state index in [2.05, 4.69) is 57.0 Å². The molecule has 0 saturated carbocycles. The van der Waals surface area contributed by atoms with Crippen molar-refractivity contribution in [1.29, 1.82) is 0 Å².